The number of unbranched alkanes of at least 4 members (excludes halogenated alkanes) is 48. The van der Waals surface area contributed by atoms with Gasteiger partial charge in [-0.2, -0.15) is 0 Å². The summed E-state index contributed by atoms with van der Waals surface area (Å²) in [7, 11) is 0. The number of ether oxygens (including phenoxy) is 1. The quantitative estimate of drug-likeness (QED) is 0.0320. The second-order valence-electron chi connectivity index (χ2n) is 23.9. The van der Waals surface area contributed by atoms with Crippen LogP contribution in [0.1, 0.15) is 380 Å². The number of aliphatic hydroxyl groups is 2. The van der Waals surface area contributed by atoms with Crippen molar-refractivity contribution < 1.29 is 24.5 Å². The summed E-state index contributed by atoms with van der Waals surface area (Å²) in [6.07, 6.45) is 84.8. The van der Waals surface area contributed by atoms with Crippen molar-refractivity contribution in [3.63, 3.8) is 0 Å². The fraction of sp³-hybridized carbons (Fsp3) is 0.887. The van der Waals surface area contributed by atoms with E-state index in [0.29, 0.717) is 25.9 Å². The number of carbonyl (C=O) groups is 2. The van der Waals surface area contributed by atoms with Crippen LogP contribution in [0.15, 0.2) is 36.5 Å². The van der Waals surface area contributed by atoms with Gasteiger partial charge in [0.05, 0.1) is 25.4 Å². The van der Waals surface area contributed by atoms with E-state index in [1.165, 1.54) is 295 Å². The Labute approximate surface area is 481 Å². The summed E-state index contributed by atoms with van der Waals surface area (Å²) in [5.74, 6) is -0.0256. The number of nitrogens with one attached hydrogen (secondary N) is 1. The van der Waals surface area contributed by atoms with Crippen molar-refractivity contribution in [1.82, 2.24) is 5.32 Å². The number of amides is 1. The van der Waals surface area contributed by atoms with Gasteiger partial charge in [0.1, 0.15) is 0 Å². The largest absolute Gasteiger partial charge is 0.466 e. The summed E-state index contributed by atoms with van der Waals surface area (Å²) >= 11 is 0. The minimum atomic E-state index is -0.662. The lowest BCUT2D eigenvalue weighted by Gasteiger charge is -2.22. The molecule has 0 spiro atoms. The molecule has 0 fully saturated rings. The van der Waals surface area contributed by atoms with E-state index in [4.69, 9.17) is 4.74 Å². The van der Waals surface area contributed by atoms with Gasteiger partial charge in [-0.05, 0) is 83.5 Å². The molecule has 0 aliphatic carbocycles. The van der Waals surface area contributed by atoms with Gasteiger partial charge < -0.3 is 20.3 Å². The van der Waals surface area contributed by atoms with Crippen molar-refractivity contribution in [3.8, 4) is 0 Å². The third kappa shape index (κ3) is 63.1. The highest BCUT2D eigenvalue weighted by Gasteiger charge is 2.20. The maximum atomic E-state index is 12.5. The van der Waals surface area contributed by atoms with Crippen LogP contribution in [0.4, 0.5) is 0 Å². The topological polar surface area (TPSA) is 95.9 Å². The first kappa shape index (κ1) is 75.1. The summed E-state index contributed by atoms with van der Waals surface area (Å²) in [6.45, 7) is 4.96. The first-order chi connectivity index (χ1) is 38.0. The van der Waals surface area contributed by atoms with Crippen molar-refractivity contribution in [2.45, 2.75) is 392 Å². The lowest BCUT2D eigenvalue weighted by Crippen LogP contribution is -2.45. The van der Waals surface area contributed by atoms with E-state index < -0.39 is 12.1 Å². The molecule has 0 aliphatic heterocycles. The van der Waals surface area contributed by atoms with E-state index in [-0.39, 0.29) is 18.5 Å². The predicted octanol–water partition coefficient (Wildman–Crippen LogP) is 22.3. The minimum absolute atomic E-state index is 0.00648. The molecule has 0 saturated heterocycles. The molecule has 0 bridgehead atoms. The standard InChI is InChI=1S/C71H135NO5/c1-3-5-7-9-11-13-15-17-37-41-45-49-53-57-61-65-71(76)77-66-62-58-54-50-46-42-39-36-34-32-30-28-26-24-22-20-18-19-21-23-25-27-29-31-33-35-38-40-44-48-52-56-60-64-70(75)72-68(67-73)69(74)63-59-55-51-47-43-16-14-12-10-8-6-4-2/h17,22,24,28,30,37,68-69,73-74H,3-16,18-21,23,25-27,29,31-36,38-67H2,1-2H3,(H,72,75)/b24-22-,30-28-,37-17-. The molecule has 1 amide bonds. The molecule has 0 aromatic heterocycles. The lowest BCUT2D eigenvalue weighted by atomic mass is 10.0. The third-order valence-electron chi connectivity index (χ3n) is 16.2. The molecule has 454 valence electrons. The summed E-state index contributed by atoms with van der Waals surface area (Å²) < 4.78 is 5.49. The van der Waals surface area contributed by atoms with Crippen LogP contribution in [0.5, 0.6) is 0 Å². The lowest BCUT2D eigenvalue weighted by molar-refractivity contribution is -0.143. The normalized spacial score (nSPS) is 12.7. The molecule has 0 aromatic carbocycles. The van der Waals surface area contributed by atoms with Crippen LogP contribution < -0.4 is 5.32 Å². The Morgan fingerprint density at radius 3 is 1.00 bits per heavy atom. The van der Waals surface area contributed by atoms with Crippen molar-refractivity contribution in [1.29, 1.82) is 0 Å². The summed E-state index contributed by atoms with van der Waals surface area (Å²) in [5, 5.41) is 23.3. The van der Waals surface area contributed by atoms with Gasteiger partial charge in [0.15, 0.2) is 0 Å². The Hall–Kier alpha value is -1.92. The molecular formula is C71H135NO5. The number of esters is 1. The maximum Gasteiger partial charge on any atom is 0.305 e. The van der Waals surface area contributed by atoms with Gasteiger partial charge in [0.25, 0.3) is 0 Å². The smallest absolute Gasteiger partial charge is 0.305 e. The van der Waals surface area contributed by atoms with Crippen molar-refractivity contribution in [2.24, 2.45) is 0 Å². The second-order valence-corrected chi connectivity index (χ2v) is 23.9. The van der Waals surface area contributed by atoms with Crippen molar-refractivity contribution >= 4 is 11.9 Å². The number of allylic oxidation sites excluding steroid dienone is 6. The molecule has 2 atom stereocenters. The van der Waals surface area contributed by atoms with Gasteiger partial charge in [0, 0.05) is 12.8 Å². The number of aliphatic hydroxyl groups excluding tert-OH is 2. The van der Waals surface area contributed by atoms with Crippen molar-refractivity contribution in [2.75, 3.05) is 13.2 Å². The van der Waals surface area contributed by atoms with Crippen LogP contribution >= 0.6 is 0 Å². The molecular weight excluding hydrogens is 947 g/mol. The number of rotatable bonds is 65. The van der Waals surface area contributed by atoms with Gasteiger partial charge in [0.2, 0.25) is 5.91 Å². The molecule has 77 heavy (non-hydrogen) atoms. The molecule has 0 heterocycles. The fourth-order valence-electron chi connectivity index (χ4n) is 10.8. The highest BCUT2D eigenvalue weighted by atomic mass is 16.5. The molecule has 6 nitrogen and oxygen atoms in total. The Bertz CT molecular complexity index is 1250. The monoisotopic (exact) mass is 1080 g/mol. The predicted molar refractivity (Wildman–Crippen MR) is 338 cm³/mol. The van der Waals surface area contributed by atoms with Gasteiger partial charge in [-0.15, -0.1) is 0 Å². The van der Waals surface area contributed by atoms with E-state index in [0.717, 1.165) is 51.4 Å². The highest BCUT2D eigenvalue weighted by Crippen LogP contribution is 2.18. The Kier molecular flexibility index (Phi) is 64.9. The van der Waals surface area contributed by atoms with Crippen LogP contribution in [0.25, 0.3) is 0 Å². The Morgan fingerprint density at radius 2 is 0.649 bits per heavy atom. The zero-order valence-corrected chi connectivity index (χ0v) is 52.0. The van der Waals surface area contributed by atoms with Crippen LogP contribution in [0.3, 0.4) is 0 Å². The fourth-order valence-corrected chi connectivity index (χ4v) is 10.8. The van der Waals surface area contributed by atoms with Crippen LogP contribution in [-0.4, -0.2) is 47.4 Å². The molecule has 6 heteroatoms. The maximum absolute atomic E-state index is 12.5. The SMILES string of the molecule is CCCCCCCC/C=C\CCCCCCCC(=O)OCCCCCCCCCCC/C=C\C/C=C\CCCCCCCCCCCCCCCCCCCC(=O)NC(CO)C(O)CCCCCCCCCCCCCC. The van der Waals surface area contributed by atoms with Crippen LogP contribution in [0, 0.1) is 0 Å². The zero-order chi connectivity index (χ0) is 55.7. The third-order valence-corrected chi connectivity index (χ3v) is 16.2. The summed E-state index contributed by atoms with van der Waals surface area (Å²) in [6, 6.07) is -0.539. The van der Waals surface area contributed by atoms with Gasteiger partial charge in [-0.1, -0.05) is 320 Å². The van der Waals surface area contributed by atoms with Crippen LogP contribution in [-0.2, 0) is 14.3 Å². The molecule has 0 aliphatic rings. The summed E-state index contributed by atoms with van der Waals surface area (Å²) in [5.41, 5.74) is 0. The molecule has 0 saturated carbocycles. The van der Waals surface area contributed by atoms with E-state index in [1.807, 2.05) is 0 Å². The summed E-state index contributed by atoms with van der Waals surface area (Å²) in [4.78, 5) is 24.5. The van der Waals surface area contributed by atoms with Crippen molar-refractivity contribution in [3.05, 3.63) is 36.5 Å². The number of hydrogen-bond donors (Lipinski definition) is 3. The number of carbonyl (C=O) groups excluding carboxylic acids is 2. The highest BCUT2D eigenvalue weighted by molar-refractivity contribution is 5.76. The van der Waals surface area contributed by atoms with Gasteiger partial charge >= 0.3 is 5.97 Å². The average molecular weight is 1080 g/mol. The zero-order valence-electron chi connectivity index (χ0n) is 52.0. The van der Waals surface area contributed by atoms with E-state index in [9.17, 15) is 19.8 Å². The molecule has 3 N–H and O–H groups in total. The first-order valence-corrected chi connectivity index (χ1v) is 34.7. The number of hydrogen-bond acceptors (Lipinski definition) is 5. The molecule has 0 rings (SSSR count). The van der Waals surface area contributed by atoms with E-state index >= 15 is 0 Å². The van der Waals surface area contributed by atoms with Crippen LogP contribution in [0.2, 0.25) is 0 Å². The molecule has 0 aromatic rings. The van der Waals surface area contributed by atoms with Gasteiger partial charge in [-0.3, -0.25) is 9.59 Å². The second kappa shape index (κ2) is 66.6. The molecule has 0 radical (unpaired) electrons. The Balaban J connectivity index is 3.36. The van der Waals surface area contributed by atoms with Gasteiger partial charge in [-0.25, -0.2) is 0 Å². The minimum Gasteiger partial charge on any atom is -0.466 e. The first-order valence-electron chi connectivity index (χ1n) is 34.7. The Morgan fingerprint density at radius 1 is 0.364 bits per heavy atom. The average Bonchev–Trinajstić information content (AvgIpc) is 3.43. The van der Waals surface area contributed by atoms with E-state index in [2.05, 4.69) is 55.6 Å². The van der Waals surface area contributed by atoms with E-state index in [1.54, 1.807) is 0 Å². The molecule has 2 unspecified atom stereocenters.